The highest BCUT2D eigenvalue weighted by molar-refractivity contribution is 6.34. The quantitative estimate of drug-likeness (QED) is 0.528. The van der Waals surface area contributed by atoms with Crippen LogP contribution in [0, 0.1) is 15.9 Å². The van der Waals surface area contributed by atoms with Gasteiger partial charge in [0, 0.05) is 17.7 Å². The number of nitrogens with one attached hydrogen (secondary N) is 1. The highest BCUT2D eigenvalue weighted by Crippen LogP contribution is 2.27. The summed E-state index contributed by atoms with van der Waals surface area (Å²) in [6.07, 6.45) is 0. The van der Waals surface area contributed by atoms with Crippen molar-refractivity contribution in [2.24, 2.45) is 0 Å². The first-order valence-electron chi connectivity index (χ1n) is 7.65. The summed E-state index contributed by atoms with van der Waals surface area (Å²) in [6.45, 7) is 1.53. The van der Waals surface area contributed by atoms with Gasteiger partial charge in [0.25, 0.3) is 11.6 Å². The Morgan fingerprint density at radius 3 is 2.78 bits per heavy atom. The largest absolute Gasteiger partial charge is 0.323 e. The Labute approximate surface area is 156 Å². The van der Waals surface area contributed by atoms with Gasteiger partial charge in [0.2, 0.25) is 5.82 Å². The molecule has 0 saturated heterocycles. The Bertz CT molecular complexity index is 1020. The maximum absolute atomic E-state index is 13.3. The van der Waals surface area contributed by atoms with Gasteiger partial charge < -0.3 is 5.32 Å². The van der Waals surface area contributed by atoms with Crippen molar-refractivity contribution >= 4 is 28.9 Å². The molecule has 0 radical (unpaired) electrons. The van der Waals surface area contributed by atoms with E-state index in [0.29, 0.717) is 5.56 Å². The molecule has 1 N–H and O–H groups in total. The third-order valence-electron chi connectivity index (χ3n) is 3.66. The molecule has 0 bridgehead atoms. The van der Waals surface area contributed by atoms with E-state index in [1.807, 2.05) is 0 Å². The van der Waals surface area contributed by atoms with Crippen LogP contribution in [0.25, 0.3) is 11.4 Å². The van der Waals surface area contributed by atoms with Crippen LogP contribution in [-0.2, 0) is 4.79 Å². The summed E-state index contributed by atoms with van der Waals surface area (Å²) in [5.41, 5.74) is 0.445. The van der Waals surface area contributed by atoms with Crippen LogP contribution >= 0.6 is 11.6 Å². The van der Waals surface area contributed by atoms with Crippen LogP contribution in [0.15, 0.2) is 42.5 Å². The number of hydrogen-bond acceptors (Lipinski definition) is 6. The number of non-ortho nitro benzene ring substituents is 1. The molecule has 27 heavy (non-hydrogen) atoms. The van der Waals surface area contributed by atoms with Crippen molar-refractivity contribution in [3.8, 4) is 11.4 Å². The molecule has 1 heterocycles. The number of tetrazole rings is 1. The topological polar surface area (TPSA) is 116 Å². The molecule has 138 valence electrons. The number of carbonyl (C=O) groups is 1. The molecule has 1 atom stereocenters. The number of nitrogens with zero attached hydrogens (tertiary/aromatic N) is 5. The van der Waals surface area contributed by atoms with Crippen molar-refractivity contribution in [2.75, 3.05) is 5.32 Å². The molecule has 2 aromatic carbocycles. The highest BCUT2D eigenvalue weighted by atomic mass is 35.5. The molecule has 1 amide bonds. The summed E-state index contributed by atoms with van der Waals surface area (Å²) >= 11 is 5.96. The zero-order valence-electron chi connectivity index (χ0n) is 13.8. The molecule has 0 aliphatic heterocycles. The Balaban J connectivity index is 1.75. The minimum atomic E-state index is -0.855. The Morgan fingerprint density at radius 1 is 1.33 bits per heavy atom. The first-order valence-corrected chi connectivity index (χ1v) is 8.03. The van der Waals surface area contributed by atoms with Gasteiger partial charge in [-0.05, 0) is 30.3 Å². The smallest absolute Gasteiger partial charge is 0.271 e. The van der Waals surface area contributed by atoms with Crippen LogP contribution in [0.1, 0.15) is 13.0 Å². The lowest BCUT2D eigenvalue weighted by Crippen LogP contribution is -2.25. The molecule has 0 saturated carbocycles. The normalized spacial score (nSPS) is 11.8. The Hall–Kier alpha value is -3.40. The molecule has 0 aliphatic carbocycles. The van der Waals surface area contributed by atoms with Gasteiger partial charge >= 0.3 is 0 Å². The van der Waals surface area contributed by atoms with E-state index in [9.17, 15) is 19.3 Å². The van der Waals surface area contributed by atoms with Crippen molar-refractivity contribution in [2.45, 2.75) is 13.0 Å². The fraction of sp³-hybridized carbons (Fsp3) is 0.125. The second-order valence-corrected chi connectivity index (χ2v) is 5.94. The van der Waals surface area contributed by atoms with Crippen molar-refractivity contribution < 1.29 is 14.1 Å². The van der Waals surface area contributed by atoms with E-state index in [4.69, 9.17) is 11.6 Å². The molecule has 3 aromatic rings. The number of halogens is 2. The van der Waals surface area contributed by atoms with Crippen LogP contribution < -0.4 is 5.32 Å². The standard InChI is InChI=1S/C16H12ClFN6O3/c1-9(16(25)19-14-6-5-12(24(26)27)8-13(14)17)23-21-15(20-22-23)10-3-2-4-11(18)7-10/h2-9H,1H3,(H,19,25). The van der Waals surface area contributed by atoms with Gasteiger partial charge in [-0.2, -0.15) is 4.80 Å². The summed E-state index contributed by atoms with van der Waals surface area (Å²) in [5, 5.41) is 25.0. The van der Waals surface area contributed by atoms with E-state index < -0.39 is 22.7 Å². The van der Waals surface area contributed by atoms with Crippen LogP contribution in [0.2, 0.25) is 5.02 Å². The first-order chi connectivity index (χ1) is 12.8. The minimum Gasteiger partial charge on any atom is -0.323 e. The van der Waals surface area contributed by atoms with Crippen molar-refractivity contribution in [1.29, 1.82) is 0 Å². The van der Waals surface area contributed by atoms with E-state index >= 15 is 0 Å². The molecule has 0 aliphatic rings. The number of hydrogen-bond donors (Lipinski definition) is 1. The average molecular weight is 391 g/mol. The zero-order chi connectivity index (χ0) is 19.6. The molecule has 1 unspecified atom stereocenters. The highest BCUT2D eigenvalue weighted by Gasteiger charge is 2.20. The number of aromatic nitrogens is 4. The van der Waals surface area contributed by atoms with Crippen molar-refractivity contribution in [1.82, 2.24) is 20.2 Å². The van der Waals surface area contributed by atoms with Gasteiger partial charge in [-0.1, -0.05) is 23.7 Å². The van der Waals surface area contributed by atoms with E-state index in [2.05, 4.69) is 20.7 Å². The fourth-order valence-corrected chi connectivity index (χ4v) is 2.42. The number of amides is 1. The second-order valence-electron chi connectivity index (χ2n) is 5.53. The maximum Gasteiger partial charge on any atom is 0.271 e. The molecule has 0 spiro atoms. The molecule has 1 aromatic heterocycles. The lowest BCUT2D eigenvalue weighted by molar-refractivity contribution is -0.384. The van der Waals surface area contributed by atoms with Crippen LogP contribution in [0.5, 0.6) is 0 Å². The number of benzene rings is 2. The van der Waals surface area contributed by atoms with Crippen LogP contribution in [0.3, 0.4) is 0 Å². The van der Waals surface area contributed by atoms with Crippen molar-refractivity contribution in [3.05, 3.63) is 63.4 Å². The van der Waals surface area contributed by atoms with Gasteiger partial charge in [0.05, 0.1) is 15.6 Å². The van der Waals surface area contributed by atoms with Gasteiger partial charge in [0.15, 0.2) is 0 Å². The lowest BCUT2D eigenvalue weighted by atomic mass is 10.2. The predicted molar refractivity (Wildman–Crippen MR) is 94.7 cm³/mol. The first kappa shape index (κ1) is 18.4. The fourth-order valence-electron chi connectivity index (χ4n) is 2.19. The summed E-state index contributed by atoms with van der Waals surface area (Å²) in [7, 11) is 0. The average Bonchev–Trinajstić information content (AvgIpc) is 3.12. The number of anilines is 1. The van der Waals surface area contributed by atoms with Gasteiger partial charge in [-0.3, -0.25) is 14.9 Å². The monoisotopic (exact) mass is 390 g/mol. The van der Waals surface area contributed by atoms with Crippen LogP contribution in [-0.4, -0.2) is 31.0 Å². The number of rotatable bonds is 5. The number of nitro benzene ring substituents is 1. The Morgan fingerprint density at radius 2 is 2.11 bits per heavy atom. The van der Waals surface area contributed by atoms with E-state index in [0.717, 1.165) is 10.9 Å². The summed E-state index contributed by atoms with van der Waals surface area (Å²) in [6, 6.07) is 8.51. The molecular weight excluding hydrogens is 379 g/mol. The second kappa shape index (κ2) is 7.46. The summed E-state index contributed by atoms with van der Waals surface area (Å²) in [5.74, 6) is -0.779. The molecular formula is C16H12ClFN6O3. The lowest BCUT2D eigenvalue weighted by Gasteiger charge is -2.11. The molecule has 9 nitrogen and oxygen atoms in total. The van der Waals surface area contributed by atoms with E-state index in [-0.39, 0.29) is 22.2 Å². The van der Waals surface area contributed by atoms with Gasteiger partial charge in [-0.25, -0.2) is 4.39 Å². The SMILES string of the molecule is CC(C(=O)Nc1ccc([N+](=O)[O-])cc1Cl)n1nnc(-c2cccc(F)c2)n1. The molecule has 3 rings (SSSR count). The summed E-state index contributed by atoms with van der Waals surface area (Å²) < 4.78 is 13.3. The predicted octanol–water partition coefficient (Wildman–Crippen LogP) is 3.24. The molecule has 11 heteroatoms. The van der Waals surface area contributed by atoms with Crippen LogP contribution in [0.4, 0.5) is 15.8 Å². The third-order valence-corrected chi connectivity index (χ3v) is 3.97. The van der Waals surface area contributed by atoms with Crippen molar-refractivity contribution in [3.63, 3.8) is 0 Å². The third kappa shape index (κ3) is 4.06. The maximum atomic E-state index is 13.3. The summed E-state index contributed by atoms with van der Waals surface area (Å²) in [4.78, 5) is 23.6. The van der Waals surface area contributed by atoms with Gasteiger partial charge in [0.1, 0.15) is 11.9 Å². The van der Waals surface area contributed by atoms with E-state index in [1.165, 1.54) is 37.3 Å². The minimum absolute atomic E-state index is 0.0248. The Kier molecular flexibility index (Phi) is 5.08. The molecule has 0 fully saturated rings. The van der Waals surface area contributed by atoms with Gasteiger partial charge in [-0.15, -0.1) is 10.2 Å². The number of carbonyl (C=O) groups excluding carboxylic acids is 1. The zero-order valence-corrected chi connectivity index (χ0v) is 14.6. The number of nitro groups is 1. The van der Waals surface area contributed by atoms with E-state index in [1.54, 1.807) is 6.07 Å².